The molecule has 0 radical (unpaired) electrons. The molecule has 2 amide bonds. The van der Waals surface area contributed by atoms with Gasteiger partial charge in [-0.15, -0.1) is 0 Å². The summed E-state index contributed by atoms with van der Waals surface area (Å²) in [4.78, 5) is 14.9. The summed E-state index contributed by atoms with van der Waals surface area (Å²) in [5.74, 6) is 0.637. The monoisotopic (exact) mass is 354 g/mol. The van der Waals surface area contributed by atoms with Crippen LogP contribution in [0.3, 0.4) is 0 Å². The standard InChI is InChI=1S/C20H26N4O2/c25-20(22-17-7-2-6-16(12-17)19-9-10-21-23-19)24(13-15-4-1-5-15)14-18-8-3-11-26-18/h2,6-7,9-10,12,15,18H,1,3-5,8,11,13-14H2,(H,21,23)(H,22,25)/t18-/m1/s1. The van der Waals surface area contributed by atoms with E-state index in [0.29, 0.717) is 12.5 Å². The van der Waals surface area contributed by atoms with E-state index in [1.807, 2.05) is 35.2 Å². The Morgan fingerprint density at radius 2 is 2.15 bits per heavy atom. The summed E-state index contributed by atoms with van der Waals surface area (Å²) in [6.45, 7) is 2.32. The first-order valence-corrected chi connectivity index (χ1v) is 9.55. The van der Waals surface area contributed by atoms with Gasteiger partial charge in [-0.1, -0.05) is 18.6 Å². The minimum Gasteiger partial charge on any atom is -0.376 e. The van der Waals surface area contributed by atoms with Crippen molar-refractivity contribution in [3.8, 4) is 11.3 Å². The maximum atomic E-state index is 12.9. The van der Waals surface area contributed by atoms with E-state index >= 15 is 0 Å². The van der Waals surface area contributed by atoms with Crippen molar-refractivity contribution in [3.63, 3.8) is 0 Å². The molecule has 2 aromatic rings. The molecular weight excluding hydrogens is 328 g/mol. The summed E-state index contributed by atoms with van der Waals surface area (Å²) in [6, 6.07) is 9.73. The molecule has 1 aliphatic carbocycles. The Bertz CT molecular complexity index is 721. The first-order valence-electron chi connectivity index (χ1n) is 9.55. The molecule has 1 atom stereocenters. The molecule has 2 fully saturated rings. The lowest BCUT2D eigenvalue weighted by atomic mass is 9.85. The van der Waals surface area contributed by atoms with E-state index in [9.17, 15) is 4.79 Å². The number of nitrogens with one attached hydrogen (secondary N) is 2. The summed E-state index contributed by atoms with van der Waals surface area (Å²) in [5.41, 5.74) is 2.74. The maximum absolute atomic E-state index is 12.9. The zero-order chi connectivity index (χ0) is 17.8. The minimum atomic E-state index is -0.0332. The van der Waals surface area contributed by atoms with Gasteiger partial charge in [0.25, 0.3) is 0 Å². The van der Waals surface area contributed by atoms with Gasteiger partial charge in [-0.05, 0) is 49.8 Å². The molecule has 2 heterocycles. The van der Waals surface area contributed by atoms with Crippen molar-refractivity contribution in [1.29, 1.82) is 0 Å². The van der Waals surface area contributed by atoms with Gasteiger partial charge >= 0.3 is 6.03 Å². The SMILES string of the molecule is O=C(Nc1cccc(-c2ccn[nH]2)c1)N(CC1CCC1)C[C@H]1CCCO1. The lowest BCUT2D eigenvalue weighted by Crippen LogP contribution is -2.44. The van der Waals surface area contributed by atoms with Gasteiger partial charge in [0, 0.05) is 37.1 Å². The molecule has 0 spiro atoms. The van der Waals surface area contributed by atoms with Crippen LogP contribution in [0.15, 0.2) is 36.5 Å². The predicted octanol–water partition coefficient (Wildman–Crippen LogP) is 3.89. The Morgan fingerprint density at radius 1 is 1.23 bits per heavy atom. The van der Waals surface area contributed by atoms with Crippen molar-refractivity contribution in [2.24, 2.45) is 5.92 Å². The van der Waals surface area contributed by atoms with Crippen LogP contribution < -0.4 is 5.32 Å². The molecular formula is C20H26N4O2. The molecule has 2 N–H and O–H groups in total. The number of hydrogen-bond donors (Lipinski definition) is 2. The highest BCUT2D eigenvalue weighted by Crippen LogP contribution is 2.28. The third-order valence-electron chi connectivity index (χ3n) is 5.36. The van der Waals surface area contributed by atoms with E-state index in [-0.39, 0.29) is 12.1 Å². The number of rotatable bonds is 6. The fourth-order valence-corrected chi connectivity index (χ4v) is 3.65. The molecule has 4 rings (SSSR count). The molecule has 6 heteroatoms. The van der Waals surface area contributed by atoms with Crippen molar-refractivity contribution >= 4 is 11.7 Å². The normalized spacial score (nSPS) is 19.9. The van der Waals surface area contributed by atoms with Gasteiger partial charge in [0.2, 0.25) is 0 Å². The Balaban J connectivity index is 1.43. The Morgan fingerprint density at radius 3 is 2.85 bits per heavy atom. The molecule has 138 valence electrons. The summed E-state index contributed by atoms with van der Waals surface area (Å²) >= 11 is 0. The molecule has 1 aromatic heterocycles. The molecule has 1 saturated carbocycles. The van der Waals surface area contributed by atoms with Crippen LogP contribution in [-0.2, 0) is 4.74 Å². The van der Waals surface area contributed by atoms with Gasteiger partial charge in [-0.3, -0.25) is 5.10 Å². The summed E-state index contributed by atoms with van der Waals surface area (Å²) in [6.07, 6.45) is 7.78. The number of aromatic amines is 1. The number of carbonyl (C=O) groups is 1. The highest BCUT2D eigenvalue weighted by atomic mass is 16.5. The van der Waals surface area contributed by atoms with Gasteiger partial charge in [0.15, 0.2) is 0 Å². The van der Waals surface area contributed by atoms with Crippen LogP contribution in [0.1, 0.15) is 32.1 Å². The van der Waals surface area contributed by atoms with Crippen molar-refractivity contribution in [2.45, 2.75) is 38.2 Å². The average Bonchev–Trinajstić information content (AvgIpc) is 3.30. The molecule has 1 aromatic carbocycles. The van der Waals surface area contributed by atoms with E-state index in [1.165, 1.54) is 19.3 Å². The first-order chi connectivity index (χ1) is 12.8. The second-order valence-electron chi connectivity index (χ2n) is 7.32. The van der Waals surface area contributed by atoms with Gasteiger partial charge in [0.05, 0.1) is 11.8 Å². The van der Waals surface area contributed by atoms with Crippen molar-refractivity contribution < 1.29 is 9.53 Å². The van der Waals surface area contributed by atoms with Gasteiger partial charge < -0.3 is 15.0 Å². The lowest BCUT2D eigenvalue weighted by Gasteiger charge is -2.33. The van der Waals surface area contributed by atoms with E-state index in [1.54, 1.807) is 6.20 Å². The lowest BCUT2D eigenvalue weighted by molar-refractivity contribution is 0.0748. The van der Waals surface area contributed by atoms with E-state index in [2.05, 4.69) is 15.5 Å². The number of nitrogens with zero attached hydrogens (tertiary/aromatic N) is 2. The first kappa shape index (κ1) is 17.1. The number of urea groups is 1. The third kappa shape index (κ3) is 4.07. The van der Waals surface area contributed by atoms with E-state index in [0.717, 1.165) is 42.9 Å². The second kappa shape index (κ2) is 7.91. The maximum Gasteiger partial charge on any atom is 0.321 e. The van der Waals surface area contributed by atoms with Crippen LogP contribution in [0.2, 0.25) is 0 Å². The van der Waals surface area contributed by atoms with Crippen molar-refractivity contribution in [2.75, 3.05) is 25.0 Å². The zero-order valence-corrected chi connectivity index (χ0v) is 15.0. The topological polar surface area (TPSA) is 70.2 Å². The number of aromatic nitrogens is 2. The number of ether oxygens (including phenoxy) is 1. The fourth-order valence-electron chi connectivity index (χ4n) is 3.65. The Hall–Kier alpha value is -2.34. The second-order valence-corrected chi connectivity index (χ2v) is 7.32. The number of anilines is 1. The molecule has 1 aliphatic heterocycles. The van der Waals surface area contributed by atoms with Gasteiger partial charge in [-0.2, -0.15) is 5.10 Å². The van der Waals surface area contributed by atoms with Crippen LogP contribution >= 0.6 is 0 Å². The van der Waals surface area contributed by atoms with Gasteiger partial charge in [0.1, 0.15) is 0 Å². The minimum absolute atomic E-state index is 0.0332. The summed E-state index contributed by atoms with van der Waals surface area (Å²) in [7, 11) is 0. The van der Waals surface area contributed by atoms with E-state index < -0.39 is 0 Å². The van der Waals surface area contributed by atoms with Crippen molar-refractivity contribution in [1.82, 2.24) is 15.1 Å². The predicted molar refractivity (Wildman–Crippen MR) is 101 cm³/mol. The Kier molecular flexibility index (Phi) is 5.20. The van der Waals surface area contributed by atoms with E-state index in [4.69, 9.17) is 4.74 Å². The Labute approximate surface area is 153 Å². The van der Waals surface area contributed by atoms with Crippen LogP contribution in [0, 0.1) is 5.92 Å². The zero-order valence-electron chi connectivity index (χ0n) is 15.0. The summed E-state index contributed by atoms with van der Waals surface area (Å²) in [5, 5.41) is 10.0. The fraction of sp³-hybridized carbons (Fsp3) is 0.500. The molecule has 1 saturated heterocycles. The average molecular weight is 354 g/mol. The number of benzene rings is 1. The van der Waals surface area contributed by atoms with Crippen LogP contribution in [0.5, 0.6) is 0 Å². The number of H-pyrrole nitrogens is 1. The van der Waals surface area contributed by atoms with Crippen LogP contribution in [0.25, 0.3) is 11.3 Å². The largest absolute Gasteiger partial charge is 0.376 e. The number of carbonyl (C=O) groups excluding carboxylic acids is 1. The molecule has 2 aliphatic rings. The number of amides is 2. The highest BCUT2D eigenvalue weighted by Gasteiger charge is 2.27. The summed E-state index contributed by atoms with van der Waals surface area (Å²) < 4.78 is 5.75. The van der Waals surface area contributed by atoms with Crippen molar-refractivity contribution in [3.05, 3.63) is 36.5 Å². The third-order valence-corrected chi connectivity index (χ3v) is 5.36. The molecule has 0 bridgehead atoms. The van der Waals surface area contributed by atoms with Crippen LogP contribution in [-0.4, -0.2) is 46.9 Å². The van der Waals surface area contributed by atoms with Crippen LogP contribution in [0.4, 0.5) is 10.5 Å². The molecule has 0 unspecified atom stereocenters. The van der Waals surface area contributed by atoms with Gasteiger partial charge in [-0.25, -0.2) is 4.79 Å². The highest BCUT2D eigenvalue weighted by molar-refractivity contribution is 5.90. The smallest absolute Gasteiger partial charge is 0.321 e. The number of hydrogen-bond acceptors (Lipinski definition) is 3. The quantitative estimate of drug-likeness (QED) is 0.827. The molecule has 6 nitrogen and oxygen atoms in total. The molecule has 26 heavy (non-hydrogen) atoms.